The van der Waals surface area contributed by atoms with Gasteiger partial charge in [0.1, 0.15) is 11.6 Å². The third-order valence-corrected chi connectivity index (χ3v) is 4.68. The minimum atomic E-state index is 0.309. The van der Waals surface area contributed by atoms with E-state index < -0.39 is 0 Å². The zero-order valence-corrected chi connectivity index (χ0v) is 15.9. The van der Waals surface area contributed by atoms with Gasteiger partial charge in [-0.25, -0.2) is 9.97 Å². The molecule has 1 aromatic carbocycles. The van der Waals surface area contributed by atoms with Crippen molar-refractivity contribution in [2.24, 2.45) is 12.1 Å². The summed E-state index contributed by atoms with van der Waals surface area (Å²) in [7, 11) is 1.91. The number of nitriles is 1. The van der Waals surface area contributed by atoms with Gasteiger partial charge in [0.25, 0.3) is 0 Å². The second-order valence-corrected chi connectivity index (χ2v) is 6.71. The second kappa shape index (κ2) is 7.66. The van der Waals surface area contributed by atoms with Gasteiger partial charge >= 0.3 is 0 Å². The standard InChI is InChI=1S/C20H21N7O/c1-14-4-3-5-15(10-14)16(12-21)24-25-18-11-17(27-6-8-28-9-7-27)19-20(23-18)26(2)13-22-19/h3-5,10-11,13H,6-9H2,1-2H3,(H,23,25)/b24-16+. The first-order valence-electron chi connectivity index (χ1n) is 9.11. The van der Waals surface area contributed by atoms with Crippen molar-refractivity contribution in [1.82, 2.24) is 14.5 Å². The molecular weight excluding hydrogens is 354 g/mol. The summed E-state index contributed by atoms with van der Waals surface area (Å²) < 4.78 is 7.34. The van der Waals surface area contributed by atoms with Crippen LogP contribution in [0.4, 0.5) is 11.5 Å². The summed E-state index contributed by atoms with van der Waals surface area (Å²) in [6, 6.07) is 11.8. The molecule has 1 N–H and O–H groups in total. The van der Waals surface area contributed by atoms with E-state index in [4.69, 9.17) is 4.74 Å². The van der Waals surface area contributed by atoms with Gasteiger partial charge in [0, 0.05) is 31.8 Å². The highest BCUT2D eigenvalue weighted by molar-refractivity contribution is 6.12. The lowest BCUT2D eigenvalue weighted by Crippen LogP contribution is -2.36. The number of aromatic nitrogens is 3. The quantitative estimate of drug-likeness (QED) is 0.556. The van der Waals surface area contributed by atoms with Gasteiger partial charge in [0.2, 0.25) is 0 Å². The number of imidazole rings is 1. The molecule has 0 saturated carbocycles. The number of morpholine rings is 1. The van der Waals surface area contributed by atoms with E-state index in [9.17, 15) is 5.26 Å². The number of pyridine rings is 1. The van der Waals surface area contributed by atoms with E-state index in [-0.39, 0.29) is 0 Å². The lowest BCUT2D eigenvalue weighted by Gasteiger charge is -2.29. The summed E-state index contributed by atoms with van der Waals surface area (Å²) in [5, 5.41) is 13.8. The van der Waals surface area contributed by atoms with E-state index >= 15 is 0 Å². The molecule has 8 nitrogen and oxygen atoms in total. The third-order valence-electron chi connectivity index (χ3n) is 4.68. The molecule has 8 heteroatoms. The molecule has 0 radical (unpaired) electrons. The van der Waals surface area contributed by atoms with E-state index in [1.165, 1.54) is 0 Å². The molecular formula is C20H21N7O. The van der Waals surface area contributed by atoms with Crippen LogP contribution in [0.15, 0.2) is 41.8 Å². The number of ether oxygens (including phenoxy) is 1. The maximum absolute atomic E-state index is 9.51. The molecule has 0 aliphatic carbocycles. The maximum Gasteiger partial charge on any atom is 0.167 e. The Morgan fingerprint density at radius 2 is 2.11 bits per heavy atom. The van der Waals surface area contributed by atoms with E-state index in [0.717, 1.165) is 41.1 Å². The number of aryl methyl sites for hydroxylation is 2. The van der Waals surface area contributed by atoms with E-state index in [1.807, 2.05) is 48.9 Å². The summed E-state index contributed by atoms with van der Waals surface area (Å²) in [6.45, 7) is 4.95. The lowest BCUT2D eigenvalue weighted by atomic mass is 10.1. The van der Waals surface area contributed by atoms with Crippen molar-refractivity contribution in [3.05, 3.63) is 47.8 Å². The second-order valence-electron chi connectivity index (χ2n) is 6.71. The van der Waals surface area contributed by atoms with Crippen LogP contribution in [0.25, 0.3) is 11.2 Å². The van der Waals surface area contributed by atoms with Crippen molar-refractivity contribution in [3.63, 3.8) is 0 Å². The zero-order valence-electron chi connectivity index (χ0n) is 15.9. The van der Waals surface area contributed by atoms with Crippen LogP contribution in [-0.2, 0) is 11.8 Å². The number of hydrazone groups is 1. The Labute approximate surface area is 163 Å². The molecule has 1 saturated heterocycles. The van der Waals surface area contributed by atoms with Crippen LogP contribution < -0.4 is 10.3 Å². The topological polar surface area (TPSA) is 91.4 Å². The molecule has 0 spiro atoms. The van der Waals surface area contributed by atoms with Crippen molar-refractivity contribution in [2.75, 3.05) is 36.6 Å². The van der Waals surface area contributed by atoms with E-state index in [1.54, 1.807) is 6.33 Å². The highest BCUT2D eigenvalue weighted by Crippen LogP contribution is 2.28. The molecule has 4 rings (SSSR count). The number of fused-ring (bicyclic) bond motifs is 1. The first kappa shape index (κ1) is 17.9. The molecule has 0 atom stereocenters. The summed E-state index contributed by atoms with van der Waals surface area (Å²) in [4.78, 5) is 11.4. The molecule has 2 aromatic heterocycles. The Balaban J connectivity index is 1.70. The Kier molecular flexibility index (Phi) is 4.91. The fourth-order valence-electron chi connectivity index (χ4n) is 3.24. The summed E-state index contributed by atoms with van der Waals surface area (Å²) >= 11 is 0. The first-order valence-corrected chi connectivity index (χ1v) is 9.11. The van der Waals surface area contributed by atoms with Crippen LogP contribution in [0.3, 0.4) is 0 Å². The van der Waals surface area contributed by atoms with Crippen LogP contribution >= 0.6 is 0 Å². The predicted molar refractivity (Wildman–Crippen MR) is 108 cm³/mol. The van der Waals surface area contributed by atoms with Gasteiger partial charge in [-0.05, 0) is 13.0 Å². The molecule has 0 bridgehead atoms. The highest BCUT2D eigenvalue weighted by atomic mass is 16.5. The Morgan fingerprint density at radius 1 is 1.29 bits per heavy atom. The summed E-state index contributed by atoms with van der Waals surface area (Å²) in [6.07, 6.45) is 1.75. The number of nitrogens with one attached hydrogen (secondary N) is 1. The molecule has 0 unspecified atom stereocenters. The van der Waals surface area contributed by atoms with Gasteiger partial charge in [-0.3, -0.25) is 5.43 Å². The van der Waals surface area contributed by atoms with Crippen molar-refractivity contribution in [2.45, 2.75) is 6.92 Å². The van der Waals surface area contributed by atoms with E-state index in [0.29, 0.717) is 24.7 Å². The SMILES string of the molecule is Cc1cccc(/C(C#N)=N/Nc2cc(N3CCOCC3)c3ncn(C)c3n2)c1. The zero-order chi connectivity index (χ0) is 19.5. The van der Waals surface area contributed by atoms with Gasteiger partial charge in [0.05, 0.1) is 25.2 Å². The van der Waals surface area contributed by atoms with Crippen molar-refractivity contribution in [1.29, 1.82) is 5.26 Å². The predicted octanol–water partition coefficient (Wildman–Crippen LogP) is 2.45. The largest absolute Gasteiger partial charge is 0.378 e. The van der Waals surface area contributed by atoms with Crippen LogP contribution in [0, 0.1) is 18.3 Å². The van der Waals surface area contributed by atoms with Gasteiger partial charge in [0.15, 0.2) is 17.2 Å². The number of nitrogens with zero attached hydrogens (tertiary/aromatic N) is 6. The molecule has 0 amide bonds. The van der Waals surface area contributed by atoms with Gasteiger partial charge in [-0.15, -0.1) is 0 Å². The Morgan fingerprint density at radius 3 is 2.86 bits per heavy atom. The number of hydrogen-bond donors (Lipinski definition) is 1. The van der Waals surface area contributed by atoms with Crippen LogP contribution in [0.2, 0.25) is 0 Å². The molecule has 1 aliphatic rings. The Bertz CT molecular complexity index is 1070. The molecule has 1 aliphatic heterocycles. The highest BCUT2D eigenvalue weighted by Gasteiger charge is 2.18. The number of anilines is 2. The average molecular weight is 375 g/mol. The monoisotopic (exact) mass is 375 g/mol. The van der Waals surface area contributed by atoms with E-state index in [2.05, 4.69) is 31.5 Å². The minimum Gasteiger partial charge on any atom is -0.378 e. The summed E-state index contributed by atoms with van der Waals surface area (Å²) in [5.41, 5.74) is 7.70. The number of benzene rings is 1. The van der Waals surface area contributed by atoms with Gasteiger partial charge < -0.3 is 14.2 Å². The Hall–Kier alpha value is -3.44. The molecule has 28 heavy (non-hydrogen) atoms. The van der Waals surface area contributed by atoms with Gasteiger partial charge in [-0.1, -0.05) is 23.8 Å². The molecule has 3 heterocycles. The van der Waals surface area contributed by atoms with Crippen LogP contribution in [0.1, 0.15) is 11.1 Å². The minimum absolute atomic E-state index is 0.309. The summed E-state index contributed by atoms with van der Waals surface area (Å²) in [5.74, 6) is 0.568. The number of rotatable bonds is 4. The maximum atomic E-state index is 9.51. The smallest absolute Gasteiger partial charge is 0.167 e. The van der Waals surface area contributed by atoms with Crippen LogP contribution in [-0.4, -0.2) is 46.6 Å². The van der Waals surface area contributed by atoms with Gasteiger partial charge in [-0.2, -0.15) is 10.4 Å². The molecule has 3 aromatic rings. The fraction of sp³-hybridized carbons (Fsp3) is 0.300. The van der Waals surface area contributed by atoms with Crippen molar-refractivity contribution >= 4 is 28.4 Å². The third kappa shape index (κ3) is 3.52. The average Bonchev–Trinajstić information content (AvgIpc) is 3.09. The van der Waals surface area contributed by atoms with Crippen molar-refractivity contribution < 1.29 is 4.74 Å². The molecule has 1 fully saturated rings. The van der Waals surface area contributed by atoms with Crippen LogP contribution in [0.5, 0.6) is 0 Å². The first-order chi connectivity index (χ1) is 13.7. The number of hydrogen-bond acceptors (Lipinski definition) is 7. The molecule has 142 valence electrons. The normalized spacial score (nSPS) is 14.9. The van der Waals surface area contributed by atoms with Crippen molar-refractivity contribution in [3.8, 4) is 6.07 Å². The fourth-order valence-corrected chi connectivity index (χ4v) is 3.24. The lowest BCUT2D eigenvalue weighted by molar-refractivity contribution is 0.123.